The van der Waals surface area contributed by atoms with Gasteiger partial charge in [0.25, 0.3) is 0 Å². The lowest BCUT2D eigenvalue weighted by Crippen LogP contribution is -2.30. The zero-order chi connectivity index (χ0) is 15.9. The zero-order valence-electron chi connectivity index (χ0n) is 11.5. The number of hydrogen-bond acceptors (Lipinski definition) is 4. The Balaban J connectivity index is 1.98. The minimum absolute atomic E-state index is 0.0280. The minimum Gasteiger partial charge on any atom is -0.437 e. The van der Waals surface area contributed by atoms with Gasteiger partial charge in [0.15, 0.2) is 5.58 Å². The molecule has 0 amide bonds. The SMILES string of the molecule is OC(c1nc2cc(F)c(N3CCCCC3)cc2o1)C(F)(F)F. The number of aliphatic hydroxyl groups excluding tert-OH is 1. The molecule has 1 N–H and O–H groups in total. The van der Waals surface area contributed by atoms with Crippen LogP contribution in [0.3, 0.4) is 0 Å². The smallest absolute Gasteiger partial charge is 0.423 e. The molecule has 22 heavy (non-hydrogen) atoms. The van der Waals surface area contributed by atoms with Crippen molar-refractivity contribution in [3.05, 3.63) is 23.8 Å². The number of halogens is 4. The first-order valence-corrected chi connectivity index (χ1v) is 6.96. The molecule has 0 bridgehead atoms. The van der Waals surface area contributed by atoms with Crippen LogP contribution in [0.15, 0.2) is 16.5 Å². The van der Waals surface area contributed by atoms with E-state index in [2.05, 4.69) is 4.98 Å². The van der Waals surface area contributed by atoms with Gasteiger partial charge in [0.2, 0.25) is 12.0 Å². The summed E-state index contributed by atoms with van der Waals surface area (Å²) in [6.45, 7) is 1.38. The molecule has 4 nitrogen and oxygen atoms in total. The molecule has 1 aliphatic rings. The number of aromatic nitrogens is 1. The first-order valence-electron chi connectivity index (χ1n) is 6.96. The van der Waals surface area contributed by atoms with Crippen molar-refractivity contribution in [3.8, 4) is 0 Å². The maximum Gasteiger partial charge on any atom is 0.423 e. The predicted octanol–water partition coefficient (Wildman–Crippen LogP) is 3.55. The Morgan fingerprint density at radius 2 is 1.86 bits per heavy atom. The van der Waals surface area contributed by atoms with Crippen molar-refractivity contribution in [3.63, 3.8) is 0 Å². The molecule has 0 saturated carbocycles. The fourth-order valence-electron chi connectivity index (χ4n) is 2.59. The van der Waals surface area contributed by atoms with Crippen molar-refractivity contribution in [2.45, 2.75) is 31.5 Å². The Kier molecular flexibility index (Phi) is 3.72. The lowest BCUT2D eigenvalue weighted by Gasteiger charge is -2.28. The number of aliphatic hydroxyl groups is 1. The van der Waals surface area contributed by atoms with Crippen molar-refractivity contribution in [1.82, 2.24) is 4.98 Å². The summed E-state index contributed by atoms with van der Waals surface area (Å²) in [5.41, 5.74) is 0.272. The minimum atomic E-state index is -4.88. The summed E-state index contributed by atoms with van der Waals surface area (Å²) in [6.07, 6.45) is -4.75. The monoisotopic (exact) mass is 318 g/mol. The molecule has 120 valence electrons. The second kappa shape index (κ2) is 5.42. The number of hydrogen-bond donors (Lipinski definition) is 1. The van der Waals surface area contributed by atoms with Crippen molar-refractivity contribution >= 4 is 16.8 Å². The van der Waals surface area contributed by atoms with Crippen LogP contribution >= 0.6 is 0 Å². The van der Waals surface area contributed by atoms with E-state index in [1.165, 1.54) is 6.07 Å². The number of rotatable bonds is 2. The van der Waals surface area contributed by atoms with E-state index >= 15 is 0 Å². The summed E-state index contributed by atoms with van der Waals surface area (Å²) in [7, 11) is 0. The Hall–Kier alpha value is -1.83. The molecule has 0 radical (unpaired) electrons. The Morgan fingerprint density at radius 3 is 2.50 bits per heavy atom. The lowest BCUT2D eigenvalue weighted by molar-refractivity contribution is -0.212. The molecule has 8 heteroatoms. The van der Waals surface area contributed by atoms with E-state index in [0.29, 0.717) is 13.1 Å². The van der Waals surface area contributed by atoms with Crippen LogP contribution in [0.2, 0.25) is 0 Å². The van der Waals surface area contributed by atoms with E-state index in [1.54, 1.807) is 0 Å². The molecule has 1 aromatic carbocycles. The average molecular weight is 318 g/mol. The van der Waals surface area contributed by atoms with E-state index in [0.717, 1.165) is 25.3 Å². The Morgan fingerprint density at radius 1 is 1.18 bits per heavy atom. The average Bonchev–Trinajstić information content (AvgIpc) is 2.88. The highest BCUT2D eigenvalue weighted by Gasteiger charge is 2.43. The first-order chi connectivity index (χ1) is 10.4. The van der Waals surface area contributed by atoms with Gasteiger partial charge in [-0.2, -0.15) is 13.2 Å². The number of nitrogens with zero attached hydrogens (tertiary/aromatic N) is 2. The van der Waals surface area contributed by atoms with Crippen LogP contribution in [0.25, 0.3) is 11.1 Å². The molecule has 2 heterocycles. The molecular weight excluding hydrogens is 304 g/mol. The van der Waals surface area contributed by atoms with Gasteiger partial charge in [-0.1, -0.05) is 0 Å². The molecule has 0 aliphatic carbocycles. The van der Waals surface area contributed by atoms with Gasteiger partial charge in [0.1, 0.15) is 11.3 Å². The van der Waals surface area contributed by atoms with Gasteiger partial charge in [-0.25, -0.2) is 9.37 Å². The highest BCUT2D eigenvalue weighted by Crippen LogP contribution is 2.35. The van der Waals surface area contributed by atoms with E-state index in [9.17, 15) is 17.6 Å². The van der Waals surface area contributed by atoms with Crippen LogP contribution in [-0.2, 0) is 0 Å². The fraction of sp³-hybridized carbons (Fsp3) is 0.500. The standard InChI is InChI=1S/C14H14F4N2O2/c15-8-6-9-11(7-10(8)20-4-2-1-3-5-20)22-13(19-9)12(21)14(16,17)18/h6-7,12,21H,1-5H2. The van der Waals surface area contributed by atoms with Gasteiger partial charge >= 0.3 is 6.18 Å². The lowest BCUT2D eigenvalue weighted by atomic mass is 10.1. The maximum atomic E-state index is 14.1. The molecule has 1 fully saturated rings. The highest BCUT2D eigenvalue weighted by molar-refractivity contribution is 5.78. The van der Waals surface area contributed by atoms with Crippen LogP contribution in [0.1, 0.15) is 31.3 Å². The maximum absolute atomic E-state index is 14.1. The topological polar surface area (TPSA) is 49.5 Å². The van der Waals surface area contributed by atoms with Crippen LogP contribution in [-0.4, -0.2) is 29.4 Å². The van der Waals surface area contributed by atoms with Crippen molar-refractivity contribution in [2.24, 2.45) is 0 Å². The quantitative estimate of drug-likeness (QED) is 0.860. The third-order valence-corrected chi connectivity index (χ3v) is 3.71. The molecule has 1 saturated heterocycles. The summed E-state index contributed by atoms with van der Waals surface area (Å²) in [6, 6.07) is 2.38. The summed E-state index contributed by atoms with van der Waals surface area (Å²) < 4.78 is 56.5. The number of anilines is 1. The number of oxazole rings is 1. The molecule has 3 rings (SSSR count). The molecule has 2 aromatic rings. The fourth-order valence-corrected chi connectivity index (χ4v) is 2.59. The van der Waals surface area contributed by atoms with Crippen LogP contribution in [0.4, 0.5) is 23.2 Å². The van der Waals surface area contributed by atoms with Gasteiger partial charge < -0.3 is 14.4 Å². The van der Waals surface area contributed by atoms with Gasteiger partial charge in [-0.15, -0.1) is 0 Å². The zero-order valence-corrected chi connectivity index (χ0v) is 11.5. The van der Waals surface area contributed by atoms with Gasteiger partial charge in [-0.05, 0) is 19.3 Å². The van der Waals surface area contributed by atoms with E-state index in [4.69, 9.17) is 9.52 Å². The molecule has 0 spiro atoms. The van der Waals surface area contributed by atoms with Crippen molar-refractivity contribution in [2.75, 3.05) is 18.0 Å². The number of benzene rings is 1. The third-order valence-electron chi connectivity index (χ3n) is 3.71. The molecular formula is C14H14F4N2O2. The van der Waals surface area contributed by atoms with Gasteiger partial charge in [0.05, 0.1) is 5.69 Å². The summed E-state index contributed by atoms with van der Waals surface area (Å²) in [5, 5.41) is 9.16. The Labute approximate surface area is 123 Å². The molecule has 1 atom stereocenters. The van der Waals surface area contributed by atoms with E-state index < -0.39 is 24.0 Å². The normalized spacial score (nSPS) is 18.0. The summed E-state index contributed by atoms with van der Waals surface area (Å²) >= 11 is 0. The van der Waals surface area contributed by atoms with E-state index in [1.807, 2.05) is 4.90 Å². The van der Waals surface area contributed by atoms with Crippen molar-refractivity contribution < 1.29 is 27.1 Å². The number of fused-ring (bicyclic) bond motifs is 1. The summed E-state index contributed by atoms with van der Waals surface area (Å²) in [4.78, 5) is 5.36. The molecule has 1 unspecified atom stereocenters. The second-order valence-corrected chi connectivity index (χ2v) is 5.32. The third kappa shape index (κ3) is 2.75. The van der Waals surface area contributed by atoms with Gasteiger partial charge in [-0.3, -0.25) is 0 Å². The van der Waals surface area contributed by atoms with Crippen LogP contribution in [0.5, 0.6) is 0 Å². The second-order valence-electron chi connectivity index (χ2n) is 5.32. The van der Waals surface area contributed by atoms with Crippen molar-refractivity contribution in [1.29, 1.82) is 0 Å². The Bertz CT molecular complexity index is 677. The molecule has 1 aromatic heterocycles. The highest BCUT2D eigenvalue weighted by atomic mass is 19.4. The largest absolute Gasteiger partial charge is 0.437 e. The first kappa shape index (κ1) is 15.1. The van der Waals surface area contributed by atoms with Crippen LogP contribution < -0.4 is 4.90 Å². The van der Waals surface area contributed by atoms with Gasteiger partial charge in [0, 0.05) is 25.2 Å². The number of alkyl halides is 3. The number of piperidine rings is 1. The predicted molar refractivity (Wildman–Crippen MR) is 71.0 cm³/mol. The molecule has 1 aliphatic heterocycles. The van der Waals surface area contributed by atoms with Crippen LogP contribution in [0, 0.1) is 5.82 Å². The summed E-state index contributed by atoms with van der Waals surface area (Å²) in [5.74, 6) is -1.44. The van der Waals surface area contributed by atoms with E-state index in [-0.39, 0.29) is 16.8 Å².